The molecule has 0 aromatic rings. The summed E-state index contributed by atoms with van der Waals surface area (Å²) in [5.41, 5.74) is 0.419. The number of rotatable bonds is 3. The Balaban J connectivity index is 1.72. The van der Waals surface area contributed by atoms with Crippen LogP contribution < -0.4 is 5.32 Å². The minimum atomic E-state index is 0.419. The Hall–Kier alpha value is -0.0800. The van der Waals surface area contributed by atoms with Crippen molar-refractivity contribution in [2.24, 2.45) is 5.41 Å². The van der Waals surface area contributed by atoms with Crippen LogP contribution >= 0.6 is 0 Å². The van der Waals surface area contributed by atoms with Crippen molar-refractivity contribution in [2.75, 3.05) is 19.6 Å². The Labute approximate surface area is 94.4 Å². The fourth-order valence-electron chi connectivity index (χ4n) is 2.39. The summed E-state index contributed by atoms with van der Waals surface area (Å²) >= 11 is 0. The van der Waals surface area contributed by atoms with Gasteiger partial charge in [-0.15, -0.1) is 0 Å². The van der Waals surface area contributed by atoms with Crippen LogP contribution in [0.5, 0.6) is 0 Å². The first-order valence-corrected chi connectivity index (χ1v) is 6.52. The highest BCUT2D eigenvalue weighted by Gasteiger charge is 2.32. The molecule has 1 saturated carbocycles. The lowest BCUT2D eigenvalue weighted by Gasteiger charge is -2.34. The zero-order chi connectivity index (χ0) is 10.9. The van der Waals surface area contributed by atoms with Gasteiger partial charge in [0.15, 0.2) is 0 Å². The summed E-state index contributed by atoms with van der Waals surface area (Å²) in [6, 6.07) is 1.70. The molecule has 88 valence electrons. The van der Waals surface area contributed by atoms with Gasteiger partial charge in [0.25, 0.3) is 0 Å². The third kappa shape index (κ3) is 3.76. The summed E-state index contributed by atoms with van der Waals surface area (Å²) in [6.45, 7) is 10.7. The molecule has 2 heteroatoms. The van der Waals surface area contributed by atoms with Crippen molar-refractivity contribution in [2.45, 2.75) is 58.5 Å². The van der Waals surface area contributed by atoms with E-state index >= 15 is 0 Å². The molecule has 0 spiro atoms. The average molecular weight is 210 g/mol. The van der Waals surface area contributed by atoms with Crippen LogP contribution in [0.25, 0.3) is 0 Å². The van der Waals surface area contributed by atoms with Crippen LogP contribution in [0.1, 0.15) is 46.5 Å². The first-order chi connectivity index (χ1) is 7.04. The van der Waals surface area contributed by atoms with E-state index in [0.29, 0.717) is 5.41 Å². The van der Waals surface area contributed by atoms with Gasteiger partial charge in [0.1, 0.15) is 0 Å². The Morgan fingerprint density at radius 1 is 1.20 bits per heavy atom. The molecule has 1 aliphatic heterocycles. The molecular formula is C13H26N2. The number of piperidine rings is 1. The number of nitrogens with one attached hydrogen (secondary N) is 1. The molecule has 2 fully saturated rings. The second-order valence-corrected chi connectivity index (χ2v) is 6.51. The minimum Gasteiger partial charge on any atom is -0.312 e. The van der Waals surface area contributed by atoms with E-state index < -0.39 is 0 Å². The van der Waals surface area contributed by atoms with Crippen LogP contribution in [0.3, 0.4) is 0 Å². The Morgan fingerprint density at radius 2 is 1.93 bits per heavy atom. The molecular weight excluding hydrogens is 184 g/mol. The second kappa shape index (κ2) is 4.42. The van der Waals surface area contributed by atoms with E-state index in [9.17, 15) is 0 Å². The van der Waals surface area contributed by atoms with Gasteiger partial charge in [0, 0.05) is 25.2 Å². The van der Waals surface area contributed by atoms with Gasteiger partial charge in [0.05, 0.1) is 0 Å². The number of nitrogens with zero attached hydrogens (tertiary/aromatic N) is 1. The van der Waals surface area contributed by atoms with Crippen molar-refractivity contribution in [3.8, 4) is 0 Å². The summed E-state index contributed by atoms with van der Waals surface area (Å²) in [5.74, 6) is 0. The maximum Gasteiger partial charge on any atom is 0.0195 e. The highest BCUT2D eigenvalue weighted by atomic mass is 15.2. The van der Waals surface area contributed by atoms with Gasteiger partial charge in [-0.2, -0.15) is 0 Å². The molecule has 1 atom stereocenters. The predicted octanol–water partition coefficient (Wildman–Crippen LogP) is 2.25. The van der Waals surface area contributed by atoms with E-state index in [1.807, 2.05) is 0 Å². The van der Waals surface area contributed by atoms with Crippen LogP contribution in [0.15, 0.2) is 0 Å². The van der Waals surface area contributed by atoms with Gasteiger partial charge in [0.2, 0.25) is 0 Å². The maximum absolute atomic E-state index is 3.73. The maximum atomic E-state index is 3.73. The molecule has 2 rings (SSSR count). The molecule has 1 unspecified atom stereocenters. The van der Waals surface area contributed by atoms with Gasteiger partial charge in [-0.1, -0.05) is 20.8 Å². The SMILES string of the molecule is CC(C)(C)CNC1CCCN(C2CC2)C1. The molecule has 0 radical (unpaired) electrons. The van der Waals surface area contributed by atoms with Crippen molar-refractivity contribution in [1.29, 1.82) is 0 Å². The van der Waals surface area contributed by atoms with Crippen molar-refractivity contribution >= 4 is 0 Å². The number of likely N-dealkylation sites (tertiary alicyclic amines) is 1. The Bertz CT molecular complexity index is 203. The van der Waals surface area contributed by atoms with E-state index in [1.165, 1.54) is 38.8 Å². The van der Waals surface area contributed by atoms with Gasteiger partial charge in [-0.25, -0.2) is 0 Å². The third-order valence-corrected chi connectivity index (χ3v) is 3.44. The highest BCUT2D eigenvalue weighted by molar-refractivity contribution is 4.90. The summed E-state index contributed by atoms with van der Waals surface area (Å²) in [5, 5.41) is 3.73. The van der Waals surface area contributed by atoms with E-state index in [2.05, 4.69) is 31.0 Å². The molecule has 15 heavy (non-hydrogen) atoms. The largest absolute Gasteiger partial charge is 0.312 e. The molecule has 0 aromatic carbocycles. The Kier molecular flexibility index (Phi) is 3.36. The Morgan fingerprint density at radius 3 is 2.53 bits per heavy atom. The fourth-order valence-corrected chi connectivity index (χ4v) is 2.39. The van der Waals surface area contributed by atoms with E-state index in [-0.39, 0.29) is 0 Å². The number of hydrogen-bond acceptors (Lipinski definition) is 2. The standard InChI is InChI=1S/C13H26N2/c1-13(2,3)10-14-11-5-4-8-15(9-11)12-6-7-12/h11-12,14H,4-10H2,1-3H3. The molecule has 0 aromatic heterocycles. The lowest BCUT2D eigenvalue weighted by Crippen LogP contribution is -2.48. The van der Waals surface area contributed by atoms with E-state index in [1.54, 1.807) is 0 Å². The zero-order valence-electron chi connectivity index (χ0n) is 10.6. The molecule has 0 amide bonds. The first-order valence-electron chi connectivity index (χ1n) is 6.52. The predicted molar refractivity (Wildman–Crippen MR) is 65.1 cm³/mol. The smallest absolute Gasteiger partial charge is 0.0195 e. The molecule has 0 bridgehead atoms. The zero-order valence-corrected chi connectivity index (χ0v) is 10.6. The number of hydrogen-bond donors (Lipinski definition) is 1. The van der Waals surface area contributed by atoms with E-state index in [0.717, 1.165) is 18.6 Å². The van der Waals surface area contributed by atoms with Crippen LogP contribution in [0, 0.1) is 5.41 Å². The molecule has 2 nitrogen and oxygen atoms in total. The summed E-state index contributed by atoms with van der Waals surface area (Å²) in [6.07, 6.45) is 5.66. The molecule has 1 aliphatic carbocycles. The van der Waals surface area contributed by atoms with Gasteiger partial charge in [-0.05, 0) is 37.6 Å². The van der Waals surface area contributed by atoms with Gasteiger partial charge >= 0.3 is 0 Å². The topological polar surface area (TPSA) is 15.3 Å². The lowest BCUT2D eigenvalue weighted by molar-refractivity contribution is 0.174. The summed E-state index contributed by atoms with van der Waals surface area (Å²) in [7, 11) is 0. The van der Waals surface area contributed by atoms with Crippen molar-refractivity contribution in [3.63, 3.8) is 0 Å². The van der Waals surface area contributed by atoms with Crippen LogP contribution in [-0.4, -0.2) is 36.6 Å². The highest BCUT2D eigenvalue weighted by Crippen LogP contribution is 2.29. The first kappa shape index (κ1) is 11.4. The van der Waals surface area contributed by atoms with Crippen LogP contribution in [0.4, 0.5) is 0 Å². The molecule has 2 aliphatic rings. The normalized spacial score (nSPS) is 29.4. The van der Waals surface area contributed by atoms with E-state index in [4.69, 9.17) is 0 Å². The minimum absolute atomic E-state index is 0.419. The third-order valence-electron chi connectivity index (χ3n) is 3.44. The quantitative estimate of drug-likeness (QED) is 0.768. The molecule has 1 heterocycles. The second-order valence-electron chi connectivity index (χ2n) is 6.51. The van der Waals surface area contributed by atoms with Gasteiger partial charge < -0.3 is 5.32 Å². The van der Waals surface area contributed by atoms with Crippen molar-refractivity contribution < 1.29 is 0 Å². The van der Waals surface area contributed by atoms with Crippen LogP contribution in [0.2, 0.25) is 0 Å². The molecule has 1 N–H and O–H groups in total. The van der Waals surface area contributed by atoms with Gasteiger partial charge in [-0.3, -0.25) is 4.90 Å². The van der Waals surface area contributed by atoms with Crippen molar-refractivity contribution in [3.05, 3.63) is 0 Å². The fraction of sp³-hybridized carbons (Fsp3) is 1.00. The summed E-state index contributed by atoms with van der Waals surface area (Å²) in [4.78, 5) is 2.70. The van der Waals surface area contributed by atoms with Crippen molar-refractivity contribution in [1.82, 2.24) is 10.2 Å². The summed E-state index contributed by atoms with van der Waals surface area (Å²) < 4.78 is 0. The van der Waals surface area contributed by atoms with Crippen LogP contribution in [-0.2, 0) is 0 Å². The lowest BCUT2D eigenvalue weighted by atomic mass is 9.95. The molecule has 1 saturated heterocycles. The average Bonchev–Trinajstić information content (AvgIpc) is 2.97. The monoisotopic (exact) mass is 210 g/mol.